The number of phenols is 1. The number of carbonyl (C=O) groups is 4. The second-order valence-corrected chi connectivity index (χ2v) is 14.6. The number of nitrogens with two attached hydrogens (primary N) is 1. The summed E-state index contributed by atoms with van der Waals surface area (Å²) in [5.41, 5.74) is 4.46. The normalized spacial score (nSPS) is 35.8. The number of aromatic hydroxyl groups is 1. The monoisotopic (exact) mass is 647 g/mol. The number of carboxylic acid groups (broad SMARTS) is 1. The van der Waals surface area contributed by atoms with Gasteiger partial charge in [0.05, 0.1) is 19.0 Å². The molecule has 3 saturated carbocycles. The molecule has 0 heterocycles. The number of rotatable bonds is 8. The number of hydrogen-bond acceptors (Lipinski definition) is 11. The molecule has 7 N–H and O–H groups in total. The molecule has 248 valence electrons. The highest BCUT2D eigenvalue weighted by molar-refractivity contribution is 8.00. The molecule has 3 fully saturated rings. The summed E-state index contributed by atoms with van der Waals surface area (Å²) < 4.78 is 4.49. The molecule has 0 saturated heterocycles. The zero-order valence-electron chi connectivity index (χ0n) is 26.0. The molecule has 11 nitrogen and oxygen atoms in total. The Balaban J connectivity index is 0.000000276. The average molecular weight is 648 g/mol. The molecular formula is C33H45NO10S. The second-order valence-electron chi connectivity index (χ2n) is 13.4. The zero-order chi connectivity index (χ0) is 33.3. The summed E-state index contributed by atoms with van der Waals surface area (Å²) in [6.45, 7) is 3.21. The Kier molecular flexibility index (Phi) is 10.5. The van der Waals surface area contributed by atoms with Crippen molar-refractivity contribution in [3.05, 3.63) is 41.5 Å². The van der Waals surface area contributed by atoms with Crippen molar-refractivity contribution < 1.29 is 49.4 Å². The lowest BCUT2D eigenvalue weighted by atomic mass is 9.45. The van der Waals surface area contributed by atoms with Gasteiger partial charge in [0.2, 0.25) is 0 Å². The van der Waals surface area contributed by atoms with E-state index in [2.05, 4.69) is 11.7 Å². The third kappa shape index (κ3) is 6.58. The van der Waals surface area contributed by atoms with Gasteiger partial charge in [-0.1, -0.05) is 26.0 Å². The van der Waals surface area contributed by atoms with E-state index in [0.717, 1.165) is 11.1 Å². The molecule has 4 aliphatic rings. The van der Waals surface area contributed by atoms with Gasteiger partial charge in [0, 0.05) is 17.1 Å². The summed E-state index contributed by atoms with van der Waals surface area (Å²) >= 11 is 1.32. The van der Waals surface area contributed by atoms with E-state index in [1.807, 2.05) is 6.92 Å². The Morgan fingerprint density at radius 3 is 2.42 bits per heavy atom. The Labute approximate surface area is 267 Å². The first-order valence-corrected chi connectivity index (χ1v) is 16.4. The lowest BCUT2D eigenvalue weighted by Crippen LogP contribution is -2.63. The van der Waals surface area contributed by atoms with Gasteiger partial charge >= 0.3 is 11.9 Å². The fourth-order valence-electron chi connectivity index (χ4n) is 8.76. The average Bonchev–Trinajstić information content (AvgIpc) is 3.27. The molecule has 0 bridgehead atoms. The minimum Gasteiger partial charge on any atom is -0.508 e. The van der Waals surface area contributed by atoms with Gasteiger partial charge in [0.1, 0.15) is 24.0 Å². The number of benzene rings is 1. The molecule has 0 amide bonds. The van der Waals surface area contributed by atoms with Gasteiger partial charge in [0.25, 0.3) is 0 Å². The van der Waals surface area contributed by atoms with Crippen molar-refractivity contribution in [2.75, 3.05) is 19.5 Å². The van der Waals surface area contributed by atoms with E-state index < -0.39 is 52.9 Å². The Morgan fingerprint density at radius 1 is 1.16 bits per heavy atom. The highest BCUT2D eigenvalue weighted by Crippen LogP contribution is 2.68. The predicted molar refractivity (Wildman–Crippen MR) is 166 cm³/mol. The van der Waals surface area contributed by atoms with Crippen LogP contribution in [0.4, 0.5) is 0 Å². The number of carboxylic acids is 1. The summed E-state index contributed by atoms with van der Waals surface area (Å²) in [6, 6.07) is 5.90. The highest BCUT2D eigenvalue weighted by Gasteiger charge is 2.69. The number of methoxy groups -OCH3 is 1. The molecule has 12 heteroatoms. The maximum absolute atomic E-state index is 12.5. The number of aliphatic hydroxyl groups is 3. The highest BCUT2D eigenvalue weighted by atomic mass is 32.2. The van der Waals surface area contributed by atoms with E-state index >= 15 is 0 Å². The number of esters is 1. The molecule has 0 aliphatic heterocycles. The Morgan fingerprint density at radius 2 is 1.82 bits per heavy atom. The van der Waals surface area contributed by atoms with Gasteiger partial charge in [-0.2, -0.15) is 0 Å². The van der Waals surface area contributed by atoms with Crippen LogP contribution in [0.15, 0.2) is 35.9 Å². The minimum atomic E-state index is -1.67. The molecule has 0 radical (unpaired) electrons. The zero-order valence-corrected chi connectivity index (χ0v) is 26.8. The van der Waals surface area contributed by atoms with Crippen molar-refractivity contribution >= 4 is 35.3 Å². The summed E-state index contributed by atoms with van der Waals surface area (Å²) in [5, 5.41) is 50.3. The lowest BCUT2D eigenvalue weighted by molar-refractivity contribution is -0.181. The van der Waals surface area contributed by atoms with E-state index in [9.17, 15) is 39.6 Å². The van der Waals surface area contributed by atoms with Gasteiger partial charge in [-0.25, -0.2) is 0 Å². The van der Waals surface area contributed by atoms with Crippen LogP contribution in [-0.4, -0.2) is 91.5 Å². The molecule has 0 spiro atoms. The first kappa shape index (κ1) is 35.1. The number of Topliss-reactive ketones (excluding diaryl/α,β-unsaturated/α-hetero) is 1. The third-order valence-electron chi connectivity index (χ3n) is 11.0. The standard InChI is InChI=1S/C23H32O7S.C10H13NO3/c1-21-5-3-12(25)7-15(21)17(31-11-19(28)29)8-13-14-4-6-23(30,18(27)10-24)22(14,2)9-16(26)20(13)21;1-14-10(13)9(11)6-7-2-4-8(12)5-3-7/h7,13-14,16-17,20,24,26,30H,3-6,8-11H2,1-2H3,(H,28,29);2-5,9,12H,6,11H2,1H3/t13-,14-,16-,17-,20+,21-,22-,23-;/m0./s1. The van der Waals surface area contributed by atoms with Crippen LogP contribution >= 0.6 is 11.8 Å². The second kappa shape index (κ2) is 13.5. The van der Waals surface area contributed by atoms with Gasteiger partial charge in [-0.05, 0) is 91.0 Å². The number of phenolic OH excluding ortho intramolecular Hbond substituents is 1. The van der Waals surface area contributed by atoms with E-state index in [1.165, 1.54) is 18.9 Å². The van der Waals surface area contributed by atoms with Crippen molar-refractivity contribution in [3.63, 3.8) is 0 Å². The topological polar surface area (TPSA) is 205 Å². The van der Waals surface area contributed by atoms with Crippen LogP contribution in [0.1, 0.15) is 57.9 Å². The van der Waals surface area contributed by atoms with Crippen LogP contribution in [0.3, 0.4) is 0 Å². The number of thioether (sulfide) groups is 1. The van der Waals surface area contributed by atoms with Gasteiger partial charge in [-0.3, -0.25) is 19.2 Å². The quantitative estimate of drug-likeness (QED) is 0.224. The van der Waals surface area contributed by atoms with Gasteiger partial charge in [-0.15, -0.1) is 11.8 Å². The Bertz CT molecular complexity index is 1330. The van der Waals surface area contributed by atoms with Crippen LogP contribution < -0.4 is 5.73 Å². The smallest absolute Gasteiger partial charge is 0.322 e. The van der Waals surface area contributed by atoms with Crippen molar-refractivity contribution in [1.82, 2.24) is 0 Å². The van der Waals surface area contributed by atoms with E-state index in [1.54, 1.807) is 30.3 Å². The van der Waals surface area contributed by atoms with Crippen LogP contribution in [0.2, 0.25) is 0 Å². The molecule has 1 unspecified atom stereocenters. The van der Waals surface area contributed by atoms with Gasteiger partial charge in [0.15, 0.2) is 11.6 Å². The molecule has 4 aliphatic carbocycles. The first-order valence-electron chi connectivity index (χ1n) is 15.4. The van der Waals surface area contributed by atoms with Crippen LogP contribution in [-0.2, 0) is 30.3 Å². The van der Waals surface area contributed by atoms with Crippen molar-refractivity contribution in [2.45, 2.75) is 81.8 Å². The summed E-state index contributed by atoms with van der Waals surface area (Å²) in [6.07, 6.45) is 4.11. The number of aliphatic hydroxyl groups excluding tert-OH is 2. The summed E-state index contributed by atoms with van der Waals surface area (Å²) in [4.78, 5) is 47.0. The number of carbonyl (C=O) groups excluding carboxylic acids is 3. The fraction of sp³-hybridized carbons (Fsp3) is 0.636. The predicted octanol–water partition coefficient (Wildman–Crippen LogP) is 2.01. The van der Waals surface area contributed by atoms with Crippen molar-refractivity contribution in [3.8, 4) is 5.75 Å². The van der Waals surface area contributed by atoms with Crippen LogP contribution in [0, 0.1) is 28.6 Å². The number of hydrogen-bond donors (Lipinski definition) is 6. The third-order valence-corrected chi connectivity index (χ3v) is 12.2. The van der Waals surface area contributed by atoms with Gasteiger partial charge < -0.3 is 36.0 Å². The molecule has 1 aromatic rings. The van der Waals surface area contributed by atoms with Crippen LogP contribution in [0.5, 0.6) is 5.75 Å². The van der Waals surface area contributed by atoms with E-state index in [0.29, 0.717) is 32.1 Å². The minimum absolute atomic E-state index is 0.00378. The molecule has 9 atom stereocenters. The first-order chi connectivity index (χ1) is 21.1. The summed E-state index contributed by atoms with van der Waals surface area (Å²) in [7, 11) is 1.30. The molecule has 1 aromatic carbocycles. The number of aliphatic carboxylic acids is 1. The number of ketones is 2. The molecule has 45 heavy (non-hydrogen) atoms. The van der Waals surface area contributed by atoms with Crippen LogP contribution in [0.25, 0.3) is 0 Å². The SMILES string of the molecule is COC(=O)C(N)Cc1ccc(O)cc1.C[C@]12CCC(=O)C=C1[C@@H](SCC(=O)O)C[C@@H]1[C@@H]2[C@@H](O)C[C@@]2(C)[C@H]1CC[C@]2(O)C(=O)CO. The fourth-order valence-corrected chi connectivity index (χ4v) is 9.98. The molecular weight excluding hydrogens is 602 g/mol. The van der Waals surface area contributed by atoms with Crippen molar-refractivity contribution in [1.29, 1.82) is 0 Å². The lowest BCUT2D eigenvalue weighted by Gasteiger charge is -2.61. The number of fused-ring (bicyclic) bond motifs is 5. The van der Waals surface area contributed by atoms with E-state index in [4.69, 9.17) is 10.8 Å². The molecule has 5 rings (SSSR count). The summed E-state index contributed by atoms with van der Waals surface area (Å²) in [5.74, 6) is -1.90. The maximum Gasteiger partial charge on any atom is 0.322 e. The van der Waals surface area contributed by atoms with Crippen molar-refractivity contribution in [2.24, 2.45) is 34.3 Å². The Hall–Kier alpha value is -2.77. The maximum atomic E-state index is 12.5. The van der Waals surface area contributed by atoms with E-state index in [-0.39, 0.29) is 53.1 Å². The number of ether oxygens (including phenoxy) is 1. The largest absolute Gasteiger partial charge is 0.508 e. The molecule has 0 aromatic heterocycles.